The van der Waals surface area contributed by atoms with Gasteiger partial charge in [-0.1, -0.05) is 25.1 Å². The van der Waals surface area contributed by atoms with E-state index >= 15 is 0 Å². The van der Waals surface area contributed by atoms with Crippen molar-refractivity contribution in [2.45, 2.75) is 32.4 Å². The van der Waals surface area contributed by atoms with E-state index in [1.54, 1.807) is 25.1 Å². The van der Waals surface area contributed by atoms with Gasteiger partial charge in [-0.2, -0.15) is 0 Å². The van der Waals surface area contributed by atoms with Crippen molar-refractivity contribution in [2.24, 2.45) is 5.92 Å². The fraction of sp³-hybridized carbons (Fsp3) is 0.500. The first-order valence-electron chi connectivity index (χ1n) is 6.37. The van der Waals surface area contributed by atoms with Gasteiger partial charge in [-0.05, 0) is 31.9 Å². The van der Waals surface area contributed by atoms with E-state index in [1.165, 1.54) is 6.07 Å². The van der Waals surface area contributed by atoms with Gasteiger partial charge in [0, 0.05) is 5.56 Å². The van der Waals surface area contributed by atoms with Crippen LogP contribution in [0.5, 0.6) is 0 Å². The molecule has 3 nitrogen and oxygen atoms in total. The molecule has 0 saturated carbocycles. The molecule has 1 aromatic rings. The van der Waals surface area contributed by atoms with E-state index in [4.69, 9.17) is 0 Å². The Kier molecular flexibility index (Phi) is 3.97. The van der Waals surface area contributed by atoms with E-state index in [-0.39, 0.29) is 23.8 Å². The van der Waals surface area contributed by atoms with Crippen molar-refractivity contribution in [2.75, 3.05) is 6.54 Å². The molecule has 1 aliphatic heterocycles. The molecule has 18 heavy (non-hydrogen) atoms. The van der Waals surface area contributed by atoms with Gasteiger partial charge in [0.1, 0.15) is 5.82 Å². The maximum atomic E-state index is 13.6. The van der Waals surface area contributed by atoms with E-state index in [0.29, 0.717) is 11.5 Å². The molecule has 1 fully saturated rings. The fourth-order valence-electron chi connectivity index (χ4n) is 2.39. The molecule has 0 aliphatic carbocycles. The number of carbonyl (C=O) groups is 1. The van der Waals surface area contributed by atoms with Crippen molar-refractivity contribution >= 4 is 5.91 Å². The summed E-state index contributed by atoms with van der Waals surface area (Å²) in [6.07, 6.45) is 1.01. The average molecular weight is 250 g/mol. The zero-order chi connectivity index (χ0) is 13.1. The number of halogens is 1. The molecule has 4 heteroatoms. The van der Waals surface area contributed by atoms with Crippen LogP contribution in [0.1, 0.15) is 31.9 Å². The van der Waals surface area contributed by atoms with Crippen LogP contribution in [-0.2, 0) is 4.79 Å². The van der Waals surface area contributed by atoms with Gasteiger partial charge in [0.05, 0.1) is 12.1 Å². The van der Waals surface area contributed by atoms with Crippen molar-refractivity contribution in [3.63, 3.8) is 0 Å². The van der Waals surface area contributed by atoms with Gasteiger partial charge in [0.15, 0.2) is 0 Å². The lowest BCUT2D eigenvalue weighted by molar-refractivity contribution is -0.124. The summed E-state index contributed by atoms with van der Waals surface area (Å²) in [6, 6.07) is 6.07. The van der Waals surface area contributed by atoms with E-state index in [9.17, 15) is 9.18 Å². The first kappa shape index (κ1) is 13.0. The Labute approximate surface area is 107 Å². The summed E-state index contributed by atoms with van der Waals surface area (Å²) >= 11 is 0. The third-order valence-electron chi connectivity index (χ3n) is 3.55. The molecule has 1 amide bonds. The van der Waals surface area contributed by atoms with Gasteiger partial charge < -0.3 is 10.6 Å². The number of amides is 1. The van der Waals surface area contributed by atoms with Gasteiger partial charge in [-0.15, -0.1) is 0 Å². The van der Waals surface area contributed by atoms with Crippen molar-refractivity contribution in [3.8, 4) is 0 Å². The number of rotatable bonds is 3. The number of hydrogen-bond acceptors (Lipinski definition) is 2. The molecule has 0 spiro atoms. The smallest absolute Gasteiger partial charge is 0.237 e. The van der Waals surface area contributed by atoms with Gasteiger partial charge >= 0.3 is 0 Å². The number of hydrogen-bond donors (Lipinski definition) is 2. The molecule has 1 heterocycles. The quantitative estimate of drug-likeness (QED) is 0.861. The normalized spacial score (nSPS) is 24.8. The number of benzene rings is 1. The summed E-state index contributed by atoms with van der Waals surface area (Å²) in [4.78, 5) is 12.1. The summed E-state index contributed by atoms with van der Waals surface area (Å²) in [6.45, 7) is 4.72. The number of carbonyl (C=O) groups excluding carboxylic acids is 1. The van der Waals surface area contributed by atoms with Crippen LogP contribution in [-0.4, -0.2) is 18.5 Å². The zero-order valence-corrected chi connectivity index (χ0v) is 10.7. The Hall–Kier alpha value is -1.42. The van der Waals surface area contributed by atoms with Crippen LogP contribution in [0.2, 0.25) is 0 Å². The van der Waals surface area contributed by atoms with E-state index < -0.39 is 0 Å². The van der Waals surface area contributed by atoms with E-state index in [1.807, 2.05) is 0 Å². The topological polar surface area (TPSA) is 41.1 Å². The van der Waals surface area contributed by atoms with Crippen LogP contribution in [0.15, 0.2) is 24.3 Å². The minimum absolute atomic E-state index is 0.0456. The lowest BCUT2D eigenvalue weighted by atomic mass is 10.0. The molecule has 3 unspecified atom stereocenters. The predicted molar refractivity (Wildman–Crippen MR) is 68.5 cm³/mol. The summed E-state index contributed by atoms with van der Waals surface area (Å²) < 4.78 is 13.6. The second-order valence-corrected chi connectivity index (χ2v) is 4.95. The molecule has 2 N–H and O–H groups in total. The highest BCUT2D eigenvalue weighted by atomic mass is 19.1. The Balaban J connectivity index is 2.01. The van der Waals surface area contributed by atoms with Gasteiger partial charge in [-0.25, -0.2) is 4.39 Å². The predicted octanol–water partition coefficient (Wildman–Crippen LogP) is 2.00. The molecule has 1 saturated heterocycles. The van der Waals surface area contributed by atoms with Crippen LogP contribution in [0, 0.1) is 11.7 Å². The Bertz CT molecular complexity index is 436. The second kappa shape index (κ2) is 5.48. The van der Waals surface area contributed by atoms with Gasteiger partial charge in [0.25, 0.3) is 0 Å². The lowest BCUT2D eigenvalue weighted by Gasteiger charge is -2.20. The van der Waals surface area contributed by atoms with E-state index in [2.05, 4.69) is 17.6 Å². The van der Waals surface area contributed by atoms with Crippen LogP contribution < -0.4 is 10.6 Å². The van der Waals surface area contributed by atoms with Crippen molar-refractivity contribution in [1.82, 2.24) is 10.6 Å². The van der Waals surface area contributed by atoms with Crippen LogP contribution >= 0.6 is 0 Å². The maximum Gasteiger partial charge on any atom is 0.237 e. The molecule has 1 aromatic carbocycles. The lowest BCUT2D eigenvalue weighted by Crippen LogP contribution is -2.44. The highest BCUT2D eigenvalue weighted by Gasteiger charge is 2.30. The van der Waals surface area contributed by atoms with Crippen molar-refractivity contribution in [1.29, 1.82) is 0 Å². The van der Waals surface area contributed by atoms with Crippen LogP contribution in [0.3, 0.4) is 0 Å². The zero-order valence-electron chi connectivity index (χ0n) is 10.7. The third-order valence-corrected chi connectivity index (χ3v) is 3.55. The Morgan fingerprint density at radius 3 is 2.83 bits per heavy atom. The van der Waals surface area contributed by atoms with Gasteiger partial charge in [0.2, 0.25) is 5.91 Å². The molecular formula is C14H19FN2O. The largest absolute Gasteiger partial charge is 0.348 e. The molecule has 0 radical (unpaired) electrons. The monoisotopic (exact) mass is 250 g/mol. The highest BCUT2D eigenvalue weighted by Crippen LogP contribution is 2.19. The highest BCUT2D eigenvalue weighted by molar-refractivity contribution is 5.82. The maximum absolute atomic E-state index is 13.6. The Morgan fingerprint density at radius 2 is 2.22 bits per heavy atom. The number of nitrogens with one attached hydrogen (secondary N) is 2. The standard InChI is InChI=1S/C14H19FN2O/c1-9-7-8-16-13(9)14(18)17-10(2)11-5-3-4-6-12(11)15/h3-6,9-10,13,16H,7-8H2,1-2H3,(H,17,18). The summed E-state index contributed by atoms with van der Waals surface area (Å²) in [5.74, 6) is 0.00584. The Morgan fingerprint density at radius 1 is 1.50 bits per heavy atom. The molecule has 98 valence electrons. The van der Waals surface area contributed by atoms with Crippen LogP contribution in [0.4, 0.5) is 4.39 Å². The molecule has 2 rings (SSSR count). The fourth-order valence-corrected chi connectivity index (χ4v) is 2.39. The minimum atomic E-state index is -0.312. The first-order chi connectivity index (χ1) is 8.59. The van der Waals surface area contributed by atoms with E-state index in [0.717, 1.165) is 13.0 Å². The first-order valence-corrected chi connectivity index (χ1v) is 6.37. The average Bonchev–Trinajstić information content (AvgIpc) is 2.76. The SMILES string of the molecule is CC(NC(=O)C1NCCC1C)c1ccccc1F. The molecule has 0 bridgehead atoms. The third kappa shape index (κ3) is 2.70. The van der Waals surface area contributed by atoms with Crippen LogP contribution in [0.25, 0.3) is 0 Å². The minimum Gasteiger partial charge on any atom is -0.348 e. The molecule has 3 atom stereocenters. The van der Waals surface area contributed by atoms with Gasteiger partial charge in [-0.3, -0.25) is 4.79 Å². The summed E-state index contributed by atoms with van der Waals surface area (Å²) in [5, 5.41) is 6.04. The second-order valence-electron chi connectivity index (χ2n) is 4.95. The molecule has 1 aliphatic rings. The molecule has 0 aromatic heterocycles. The summed E-state index contributed by atoms with van der Waals surface area (Å²) in [5.41, 5.74) is 0.525. The van der Waals surface area contributed by atoms with Crippen molar-refractivity contribution in [3.05, 3.63) is 35.6 Å². The van der Waals surface area contributed by atoms with Crippen molar-refractivity contribution < 1.29 is 9.18 Å². The summed E-state index contributed by atoms with van der Waals surface area (Å²) in [7, 11) is 0. The molecular weight excluding hydrogens is 231 g/mol.